The summed E-state index contributed by atoms with van der Waals surface area (Å²) in [4.78, 5) is 22.4. The van der Waals surface area contributed by atoms with E-state index < -0.39 is 11.0 Å². The Bertz CT molecular complexity index is 738. The van der Waals surface area contributed by atoms with Crippen molar-refractivity contribution in [1.29, 1.82) is 0 Å². The molecule has 1 aliphatic carbocycles. The van der Waals surface area contributed by atoms with Crippen molar-refractivity contribution in [1.82, 2.24) is 9.78 Å². The van der Waals surface area contributed by atoms with Crippen molar-refractivity contribution >= 4 is 11.7 Å². The first-order chi connectivity index (χ1) is 11.0. The molecule has 0 N–H and O–H groups in total. The van der Waals surface area contributed by atoms with E-state index >= 15 is 0 Å². The van der Waals surface area contributed by atoms with Gasteiger partial charge in [0.1, 0.15) is 6.10 Å². The Balaban J connectivity index is 1.59. The van der Waals surface area contributed by atoms with Gasteiger partial charge in [-0.1, -0.05) is 0 Å². The van der Waals surface area contributed by atoms with Crippen molar-refractivity contribution < 1.29 is 14.5 Å². The number of carbonyl (C=O) groups is 1. The van der Waals surface area contributed by atoms with Crippen molar-refractivity contribution in [2.24, 2.45) is 13.0 Å². The summed E-state index contributed by atoms with van der Waals surface area (Å²) >= 11 is 0. The summed E-state index contributed by atoms with van der Waals surface area (Å²) in [5.74, 6) is -0.176. The van der Waals surface area contributed by atoms with E-state index in [1.54, 1.807) is 29.9 Å². The number of non-ortho nitro benzene ring substituents is 1. The smallest absolute Gasteiger partial charge is 0.310 e. The van der Waals surface area contributed by atoms with Crippen LogP contribution in [0.1, 0.15) is 36.5 Å². The molecule has 3 rings (SSSR count). The molecular formula is C16H17N3O4. The van der Waals surface area contributed by atoms with Gasteiger partial charge in [0.2, 0.25) is 0 Å². The molecule has 1 fully saturated rings. The minimum atomic E-state index is -0.455. The highest BCUT2D eigenvalue weighted by molar-refractivity contribution is 5.77. The third-order valence-corrected chi connectivity index (χ3v) is 4.11. The van der Waals surface area contributed by atoms with Crippen molar-refractivity contribution in [3.8, 4) is 0 Å². The van der Waals surface area contributed by atoms with Crippen molar-refractivity contribution in [2.75, 3.05) is 0 Å². The highest BCUT2D eigenvalue weighted by Crippen LogP contribution is 2.48. The number of ether oxygens (including phenoxy) is 1. The Hall–Kier alpha value is -2.70. The Morgan fingerprint density at radius 1 is 1.43 bits per heavy atom. The number of nitro benzene ring substituents is 1. The van der Waals surface area contributed by atoms with Gasteiger partial charge in [0.15, 0.2) is 0 Å². The average Bonchev–Trinajstić information content (AvgIpc) is 3.22. The molecule has 0 bridgehead atoms. The van der Waals surface area contributed by atoms with Gasteiger partial charge in [-0.15, -0.1) is 0 Å². The Morgan fingerprint density at radius 2 is 2.13 bits per heavy atom. The maximum Gasteiger partial charge on any atom is 0.310 e. The molecule has 0 radical (unpaired) electrons. The molecule has 0 spiro atoms. The van der Waals surface area contributed by atoms with E-state index in [0.29, 0.717) is 0 Å². The van der Waals surface area contributed by atoms with E-state index in [2.05, 4.69) is 5.10 Å². The van der Waals surface area contributed by atoms with Crippen molar-refractivity contribution in [3.05, 3.63) is 57.9 Å². The van der Waals surface area contributed by atoms with E-state index in [4.69, 9.17) is 4.74 Å². The number of nitro groups is 1. The first-order valence-electron chi connectivity index (χ1n) is 7.39. The van der Waals surface area contributed by atoms with Gasteiger partial charge in [0, 0.05) is 31.3 Å². The van der Waals surface area contributed by atoms with Crippen LogP contribution in [-0.4, -0.2) is 20.7 Å². The second-order valence-corrected chi connectivity index (χ2v) is 5.82. The standard InChI is InChI=1S/C16H17N3O4/c1-10(11-3-5-13(6-4-11)19(21)22)23-16(20)15-7-14(15)12-8-17-18(2)9-12/h3-6,8-10,14-15H,7H2,1-2H3/t10-,14+,15+/m0/s1. The normalized spacial score (nSPS) is 20.8. The summed E-state index contributed by atoms with van der Waals surface area (Å²) in [5, 5.41) is 14.8. The topological polar surface area (TPSA) is 87.3 Å². The van der Waals surface area contributed by atoms with Crippen LogP contribution in [-0.2, 0) is 16.6 Å². The zero-order valence-electron chi connectivity index (χ0n) is 12.9. The maximum absolute atomic E-state index is 12.2. The van der Waals surface area contributed by atoms with Crippen LogP contribution in [0.25, 0.3) is 0 Å². The lowest BCUT2D eigenvalue weighted by molar-refractivity contribution is -0.384. The van der Waals surface area contributed by atoms with Gasteiger partial charge in [-0.25, -0.2) is 0 Å². The van der Waals surface area contributed by atoms with Gasteiger partial charge in [0.25, 0.3) is 5.69 Å². The van der Waals surface area contributed by atoms with Crippen LogP contribution in [0.3, 0.4) is 0 Å². The molecule has 7 nitrogen and oxygen atoms in total. The lowest BCUT2D eigenvalue weighted by atomic mass is 10.1. The van der Waals surface area contributed by atoms with Gasteiger partial charge in [0.05, 0.1) is 17.0 Å². The zero-order valence-corrected chi connectivity index (χ0v) is 12.9. The molecule has 0 saturated heterocycles. The number of carbonyl (C=O) groups excluding carboxylic acids is 1. The molecule has 3 atom stereocenters. The molecule has 1 saturated carbocycles. The Kier molecular flexibility index (Phi) is 3.85. The third-order valence-electron chi connectivity index (χ3n) is 4.11. The largest absolute Gasteiger partial charge is 0.458 e. The molecule has 1 aromatic heterocycles. The summed E-state index contributed by atoms with van der Waals surface area (Å²) in [6.45, 7) is 1.76. The quantitative estimate of drug-likeness (QED) is 0.481. The molecule has 1 aliphatic rings. The molecule has 0 aliphatic heterocycles. The monoisotopic (exact) mass is 315 g/mol. The molecule has 23 heavy (non-hydrogen) atoms. The van der Waals surface area contributed by atoms with Crippen LogP contribution in [0.15, 0.2) is 36.7 Å². The van der Waals surface area contributed by atoms with Crippen molar-refractivity contribution in [3.63, 3.8) is 0 Å². The summed E-state index contributed by atoms with van der Waals surface area (Å²) in [6.07, 6.45) is 4.03. The van der Waals surface area contributed by atoms with E-state index in [-0.39, 0.29) is 23.5 Å². The van der Waals surface area contributed by atoms with Crippen LogP contribution in [0.4, 0.5) is 5.69 Å². The molecule has 7 heteroatoms. The molecule has 1 heterocycles. The minimum Gasteiger partial charge on any atom is -0.458 e. The number of nitrogens with zero attached hydrogens (tertiary/aromatic N) is 3. The zero-order chi connectivity index (χ0) is 16.6. The molecule has 1 aromatic carbocycles. The average molecular weight is 315 g/mol. The van der Waals surface area contributed by atoms with E-state index in [1.807, 2.05) is 13.2 Å². The second-order valence-electron chi connectivity index (χ2n) is 5.82. The number of hydrogen-bond donors (Lipinski definition) is 0. The van der Waals surface area contributed by atoms with Crippen LogP contribution >= 0.6 is 0 Å². The van der Waals surface area contributed by atoms with E-state index in [0.717, 1.165) is 17.5 Å². The van der Waals surface area contributed by atoms with Gasteiger partial charge in [-0.05, 0) is 36.6 Å². The summed E-state index contributed by atoms with van der Waals surface area (Å²) in [6, 6.07) is 6.05. The number of hydrogen-bond acceptors (Lipinski definition) is 5. The van der Waals surface area contributed by atoms with Crippen LogP contribution in [0, 0.1) is 16.0 Å². The number of esters is 1. The fraction of sp³-hybridized carbons (Fsp3) is 0.375. The predicted octanol–water partition coefficient (Wildman–Crippen LogP) is 2.74. The van der Waals surface area contributed by atoms with Gasteiger partial charge in [-0.3, -0.25) is 19.6 Å². The summed E-state index contributed by atoms with van der Waals surface area (Å²) < 4.78 is 7.20. The van der Waals surface area contributed by atoms with Gasteiger partial charge < -0.3 is 4.74 Å². The second kappa shape index (κ2) is 5.83. The van der Waals surface area contributed by atoms with Crippen molar-refractivity contribution in [2.45, 2.75) is 25.4 Å². The SMILES string of the molecule is C[C@H](OC(=O)[C@@H]1C[C@@H]1c1cnn(C)c1)c1ccc([N+](=O)[O-])cc1. The Morgan fingerprint density at radius 3 is 2.70 bits per heavy atom. The molecular weight excluding hydrogens is 298 g/mol. The van der Waals surface area contributed by atoms with Crippen LogP contribution in [0.2, 0.25) is 0 Å². The highest BCUT2D eigenvalue weighted by Gasteiger charge is 2.46. The number of benzene rings is 1. The number of aromatic nitrogens is 2. The minimum absolute atomic E-state index is 0.0195. The van der Waals surface area contributed by atoms with Gasteiger partial charge in [-0.2, -0.15) is 5.10 Å². The predicted molar refractivity (Wildman–Crippen MR) is 81.7 cm³/mol. The fourth-order valence-electron chi connectivity index (χ4n) is 2.65. The molecule has 0 amide bonds. The van der Waals surface area contributed by atoms with Gasteiger partial charge >= 0.3 is 5.97 Å². The molecule has 2 aromatic rings. The van der Waals surface area contributed by atoms with E-state index in [9.17, 15) is 14.9 Å². The maximum atomic E-state index is 12.2. The third kappa shape index (κ3) is 3.23. The lowest BCUT2D eigenvalue weighted by Gasteiger charge is -2.13. The summed E-state index contributed by atoms with van der Waals surface area (Å²) in [7, 11) is 1.84. The molecule has 0 unspecified atom stereocenters. The Labute approximate surface area is 133 Å². The fourth-order valence-corrected chi connectivity index (χ4v) is 2.65. The lowest BCUT2D eigenvalue weighted by Crippen LogP contribution is -2.11. The number of aryl methyl sites for hydroxylation is 1. The van der Waals surface area contributed by atoms with Crippen LogP contribution in [0.5, 0.6) is 0 Å². The summed E-state index contributed by atoms with van der Waals surface area (Å²) in [5.41, 5.74) is 1.81. The van der Waals surface area contributed by atoms with E-state index in [1.165, 1.54) is 12.1 Å². The first-order valence-corrected chi connectivity index (χ1v) is 7.39. The number of rotatable bonds is 5. The highest BCUT2D eigenvalue weighted by atomic mass is 16.6. The first kappa shape index (κ1) is 15.2. The van der Waals surface area contributed by atoms with Crippen LogP contribution < -0.4 is 0 Å². The molecule has 120 valence electrons.